The molecular formula is C28H36N3O8+. The number of carbonyl (C=O) groups is 4. The van der Waals surface area contributed by atoms with Crippen molar-refractivity contribution in [3.05, 3.63) is 66.0 Å². The number of ether oxygens (including phenoxy) is 3. The molecule has 3 rings (SSSR count). The van der Waals surface area contributed by atoms with Gasteiger partial charge in [0.25, 0.3) is 12.6 Å². The van der Waals surface area contributed by atoms with Crippen LogP contribution in [0, 0.1) is 0 Å². The number of hydrogen-bond acceptors (Lipinski definition) is 8. The van der Waals surface area contributed by atoms with Crippen LogP contribution in [0.5, 0.6) is 0 Å². The van der Waals surface area contributed by atoms with Gasteiger partial charge in [0.2, 0.25) is 0 Å². The molecule has 1 aromatic carbocycles. The molecule has 1 aliphatic heterocycles. The number of piperidine rings is 1. The highest BCUT2D eigenvalue weighted by Crippen LogP contribution is 2.32. The first-order valence-corrected chi connectivity index (χ1v) is 12.9. The van der Waals surface area contributed by atoms with Crippen LogP contribution in [0.2, 0.25) is 0 Å². The first kappa shape index (κ1) is 29.6. The van der Waals surface area contributed by atoms with Crippen molar-refractivity contribution in [3.63, 3.8) is 0 Å². The predicted molar refractivity (Wildman–Crippen MR) is 138 cm³/mol. The van der Waals surface area contributed by atoms with Crippen molar-refractivity contribution in [2.45, 2.75) is 63.9 Å². The van der Waals surface area contributed by atoms with E-state index in [1.165, 1.54) is 23.9 Å². The van der Waals surface area contributed by atoms with E-state index >= 15 is 0 Å². The van der Waals surface area contributed by atoms with Crippen molar-refractivity contribution in [2.24, 2.45) is 0 Å². The van der Waals surface area contributed by atoms with Gasteiger partial charge in [-0.1, -0.05) is 30.3 Å². The molecule has 0 spiro atoms. The van der Waals surface area contributed by atoms with Crippen molar-refractivity contribution in [3.8, 4) is 0 Å². The molecule has 1 fully saturated rings. The number of methoxy groups -OCH3 is 1. The molecule has 11 nitrogen and oxygen atoms in total. The van der Waals surface area contributed by atoms with Crippen LogP contribution in [0.1, 0.15) is 54.9 Å². The van der Waals surface area contributed by atoms with Gasteiger partial charge < -0.3 is 29.5 Å². The van der Waals surface area contributed by atoms with Gasteiger partial charge in [0.15, 0.2) is 18.4 Å². The highest BCUT2D eigenvalue weighted by molar-refractivity contribution is 5.96. The maximum atomic E-state index is 13.2. The number of aromatic nitrogens is 1. The number of carbonyl (C=O) groups excluding carboxylic acids is 4. The number of aliphatic hydroxyl groups excluding tert-OH is 1. The lowest BCUT2D eigenvalue weighted by molar-refractivity contribution is -0.727. The van der Waals surface area contributed by atoms with Crippen LogP contribution >= 0.6 is 0 Å². The van der Waals surface area contributed by atoms with Crippen LogP contribution in [0.4, 0.5) is 4.79 Å². The summed E-state index contributed by atoms with van der Waals surface area (Å²) in [6.07, 6.45) is 4.37. The number of benzene rings is 1. The molecule has 2 N–H and O–H groups in total. The quantitative estimate of drug-likeness (QED) is 0.264. The summed E-state index contributed by atoms with van der Waals surface area (Å²) in [5, 5.41) is 11.9. The van der Waals surface area contributed by atoms with Crippen molar-refractivity contribution in [1.29, 1.82) is 0 Å². The van der Waals surface area contributed by atoms with E-state index in [0.717, 1.165) is 18.4 Å². The van der Waals surface area contributed by atoms with Crippen LogP contribution in [-0.2, 0) is 30.5 Å². The third-order valence-electron chi connectivity index (χ3n) is 6.36. The highest BCUT2D eigenvalue weighted by Gasteiger charge is 2.39. The van der Waals surface area contributed by atoms with Gasteiger partial charge >= 0.3 is 18.0 Å². The summed E-state index contributed by atoms with van der Waals surface area (Å²) in [6.45, 7) is 2.97. The maximum Gasteiger partial charge on any atom is 0.414 e. The zero-order valence-electron chi connectivity index (χ0n) is 22.4. The molecule has 39 heavy (non-hydrogen) atoms. The van der Waals surface area contributed by atoms with Crippen molar-refractivity contribution in [1.82, 2.24) is 10.2 Å². The molecule has 0 bridgehead atoms. The van der Waals surface area contributed by atoms with Crippen LogP contribution < -0.4 is 9.88 Å². The van der Waals surface area contributed by atoms with Crippen molar-refractivity contribution in [2.75, 3.05) is 20.3 Å². The minimum absolute atomic E-state index is 0.184. The fourth-order valence-electron chi connectivity index (χ4n) is 4.52. The molecule has 11 heteroatoms. The Morgan fingerprint density at radius 3 is 2.49 bits per heavy atom. The number of hydrogen-bond donors (Lipinski definition) is 2. The molecule has 0 radical (unpaired) electrons. The molecule has 0 saturated carbocycles. The lowest BCUT2D eigenvalue weighted by Gasteiger charge is -2.38. The van der Waals surface area contributed by atoms with Gasteiger partial charge in [-0.05, 0) is 44.7 Å². The Labute approximate surface area is 227 Å². The Morgan fingerprint density at radius 1 is 1.08 bits per heavy atom. The first-order chi connectivity index (χ1) is 18.7. The van der Waals surface area contributed by atoms with Crippen LogP contribution in [0.15, 0.2) is 54.9 Å². The average Bonchev–Trinajstić information content (AvgIpc) is 2.95. The molecular weight excluding hydrogens is 506 g/mol. The fourth-order valence-corrected chi connectivity index (χ4v) is 4.52. The second kappa shape index (κ2) is 14.2. The third-order valence-corrected chi connectivity index (χ3v) is 6.36. The van der Waals surface area contributed by atoms with Crippen LogP contribution in [-0.4, -0.2) is 72.4 Å². The Bertz CT molecular complexity index is 1140. The molecule has 2 aromatic rings. The Hall–Kier alpha value is -3.99. The standard InChI is InChI=1S/C28H35N3O8/c1-19(2)39-26(34)22(17-32)29-25(33)21-12-9-14-30(16-21)18-38-28(36)31-15-8-7-13-23(31)24(27(35)37-3)20-10-5-4-6-11-20/h4-6,9-12,14,16,19,22-24,32H,7-8,13,15,17-18H2,1-3H3/p+1/t22?,23?,24-/m1/s1. The molecule has 1 aromatic heterocycles. The second-order valence-corrected chi connectivity index (χ2v) is 9.51. The molecule has 2 heterocycles. The average molecular weight is 543 g/mol. The van der Waals surface area contributed by atoms with Crippen molar-refractivity contribution >= 4 is 23.9 Å². The molecule has 0 aliphatic carbocycles. The highest BCUT2D eigenvalue weighted by atomic mass is 16.6. The summed E-state index contributed by atoms with van der Waals surface area (Å²) in [6, 6.07) is 10.7. The van der Waals surface area contributed by atoms with Gasteiger partial charge in [-0.25, -0.2) is 9.59 Å². The van der Waals surface area contributed by atoms with E-state index in [1.807, 2.05) is 30.3 Å². The number of esters is 2. The zero-order chi connectivity index (χ0) is 28.4. The Balaban J connectivity index is 1.68. The van der Waals surface area contributed by atoms with E-state index in [1.54, 1.807) is 31.0 Å². The number of nitrogens with zero attached hydrogens (tertiary/aromatic N) is 2. The monoisotopic (exact) mass is 542 g/mol. The summed E-state index contributed by atoms with van der Waals surface area (Å²) in [4.78, 5) is 52.3. The predicted octanol–water partition coefficient (Wildman–Crippen LogP) is 1.92. The molecule has 2 unspecified atom stereocenters. The van der Waals surface area contributed by atoms with E-state index in [9.17, 15) is 24.3 Å². The molecule has 1 saturated heterocycles. The van der Waals surface area contributed by atoms with E-state index in [2.05, 4.69) is 5.32 Å². The third kappa shape index (κ3) is 8.00. The minimum atomic E-state index is -1.21. The summed E-state index contributed by atoms with van der Waals surface area (Å²) in [7, 11) is 1.33. The molecule has 3 atom stereocenters. The second-order valence-electron chi connectivity index (χ2n) is 9.51. The number of pyridine rings is 1. The first-order valence-electron chi connectivity index (χ1n) is 12.9. The summed E-state index contributed by atoms with van der Waals surface area (Å²) < 4.78 is 17.2. The molecule has 2 amide bonds. The van der Waals surface area contributed by atoms with Gasteiger partial charge in [-0.15, -0.1) is 0 Å². The zero-order valence-corrected chi connectivity index (χ0v) is 22.4. The van der Waals surface area contributed by atoms with E-state index < -0.39 is 54.7 Å². The lowest BCUT2D eigenvalue weighted by atomic mass is 9.85. The van der Waals surface area contributed by atoms with Crippen LogP contribution in [0.3, 0.4) is 0 Å². The van der Waals surface area contributed by atoms with Crippen molar-refractivity contribution < 1.29 is 43.1 Å². The molecule has 1 aliphatic rings. The number of rotatable bonds is 10. The normalized spacial score (nSPS) is 16.6. The van der Waals surface area contributed by atoms with Gasteiger partial charge in [0, 0.05) is 12.6 Å². The summed E-state index contributed by atoms with van der Waals surface area (Å²) in [5.74, 6) is -2.41. The van der Waals surface area contributed by atoms with Gasteiger partial charge in [0.1, 0.15) is 11.5 Å². The Morgan fingerprint density at radius 2 is 1.82 bits per heavy atom. The largest absolute Gasteiger partial charge is 0.468 e. The maximum absolute atomic E-state index is 13.2. The number of likely N-dealkylation sites (tertiary alicyclic amines) is 1. The number of amides is 2. The van der Waals surface area contributed by atoms with E-state index in [0.29, 0.717) is 13.0 Å². The number of nitrogens with one attached hydrogen (secondary N) is 1. The SMILES string of the molecule is COC(=O)[C@H](c1ccccc1)C1CCCCN1C(=O)OC[n+]1cccc(C(=O)NC(CO)C(=O)OC(C)C)c1. The number of aliphatic hydroxyl groups is 1. The fraction of sp³-hybridized carbons (Fsp3) is 0.464. The summed E-state index contributed by atoms with van der Waals surface area (Å²) in [5.41, 5.74) is 0.954. The van der Waals surface area contributed by atoms with E-state index in [4.69, 9.17) is 14.2 Å². The smallest absolute Gasteiger partial charge is 0.414 e. The van der Waals surface area contributed by atoms with Gasteiger partial charge in [0.05, 0.1) is 25.9 Å². The Kier molecular flexibility index (Phi) is 10.8. The van der Waals surface area contributed by atoms with Gasteiger partial charge in [-0.3, -0.25) is 9.59 Å². The minimum Gasteiger partial charge on any atom is -0.468 e. The van der Waals surface area contributed by atoms with Crippen LogP contribution in [0.25, 0.3) is 0 Å². The lowest BCUT2D eigenvalue weighted by Crippen LogP contribution is -2.50. The summed E-state index contributed by atoms with van der Waals surface area (Å²) >= 11 is 0. The van der Waals surface area contributed by atoms with E-state index in [-0.39, 0.29) is 12.3 Å². The van der Waals surface area contributed by atoms with Gasteiger partial charge in [-0.2, -0.15) is 4.57 Å². The topological polar surface area (TPSA) is 135 Å². The molecule has 210 valence electrons.